The Kier molecular flexibility index (Phi) is 2.91. The fraction of sp³-hybridized carbons (Fsp3) is 0.562. The fourth-order valence-electron chi connectivity index (χ4n) is 2.91. The van der Waals surface area contributed by atoms with Gasteiger partial charge >= 0.3 is 0 Å². The monoisotopic (exact) mass is 271 g/mol. The van der Waals surface area contributed by atoms with Crippen LogP contribution in [0.25, 0.3) is 5.65 Å². The van der Waals surface area contributed by atoms with Crippen LogP contribution in [0.3, 0.4) is 0 Å². The lowest BCUT2D eigenvalue weighted by Crippen LogP contribution is -2.29. The van der Waals surface area contributed by atoms with Gasteiger partial charge in [0.2, 0.25) is 0 Å². The number of rotatable bonds is 6. The van der Waals surface area contributed by atoms with Crippen molar-refractivity contribution in [2.45, 2.75) is 32.3 Å². The van der Waals surface area contributed by atoms with Crippen LogP contribution in [0.15, 0.2) is 24.4 Å². The molecule has 0 atom stereocenters. The van der Waals surface area contributed by atoms with E-state index in [1.165, 1.54) is 25.7 Å². The number of nitrogens with zero attached hydrogens (tertiary/aromatic N) is 3. The van der Waals surface area contributed by atoms with E-state index >= 15 is 0 Å². The van der Waals surface area contributed by atoms with Crippen LogP contribution in [-0.2, 0) is 6.61 Å². The molecule has 2 aromatic heterocycles. The SMILES string of the molecule is OCc1c(N(CC2CC2)CC2CC2)nc2ccccn12. The molecule has 20 heavy (non-hydrogen) atoms. The van der Waals surface area contributed by atoms with Gasteiger partial charge in [-0.05, 0) is 49.7 Å². The molecule has 4 heteroatoms. The van der Waals surface area contributed by atoms with E-state index in [0.29, 0.717) is 0 Å². The van der Waals surface area contributed by atoms with Gasteiger partial charge in [-0.25, -0.2) is 4.98 Å². The Hall–Kier alpha value is -1.55. The molecule has 2 saturated carbocycles. The summed E-state index contributed by atoms with van der Waals surface area (Å²) in [5.41, 5.74) is 1.87. The normalized spacial score (nSPS) is 18.6. The Morgan fingerprint density at radius 1 is 1.15 bits per heavy atom. The molecule has 0 unspecified atom stereocenters. The summed E-state index contributed by atoms with van der Waals surface area (Å²) >= 11 is 0. The molecule has 0 bridgehead atoms. The summed E-state index contributed by atoms with van der Waals surface area (Å²) in [7, 11) is 0. The minimum Gasteiger partial charge on any atom is -0.390 e. The number of anilines is 1. The van der Waals surface area contributed by atoms with E-state index < -0.39 is 0 Å². The molecule has 106 valence electrons. The Morgan fingerprint density at radius 3 is 2.45 bits per heavy atom. The van der Waals surface area contributed by atoms with Gasteiger partial charge in [-0.3, -0.25) is 4.40 Å². The predicted molar refractivity (Wildman–Crippen MR) is 78.8 cm³/mol. The lowest BCUT2D eigenvalue weighted by molar-refractivity contribution is 0.276. The first kappa shape index (κ1) is 12.2. The minimum atomic E-state index is 0.0480. The summed E-state index contributed by atoms with van der Waals surface area (Å²) in [5, 5.41) is 9.77. The van der Waals surface area contributed by atoms with E-state index in [1.807, 2.05) is 28.8 Å². The highest BCUT2D eigenvalue weighted by molar-refractivity contribution is 5.56. The van der Waals surface area contributed by atoms with Crippen LogP contribution >= 0.6 is 0 Å². The average molecular weight is 271 g/mol. The van der Waals surface area contributed by atoms with Crippen LogP contribution in [0.2, 0.25) is 0 Å². The van der Waals surface area contributed by atoms with Crippen LogP contribution in [0.4, 0.5) is 5.82 Å². The smallest absolute Gasteiger partial charge is 0.153 e. The highest BCUT2D eigenvalue weighted by Gasteiger charge is 2.31. The summed E-state index contributed by atoms with van der Waals surface area (Å²) in [6.45, 7) is 2.26. The summed E-state index contributed by atoms with van der Waals surface area (Å²) < 4.78 is 2.02. The predicted octanol–water partition coefficient (Wildman–Crippen LogP) is 2.45. The van der Waals surface area contributed by atoms with Crippen molar-refractivity contribution in [1.29, 1.82) is 0 Å². The van der Waals surface area contributed by atoms with Crippen molar-refractivity contribution in [1.82, 2.24) is 9.38 Å². The van der Waals surface area contributed by atoms with Crippen molar-refractivity contribution in [2.75, 3.05) is 18.0 Å². The van der Waals surface area contributed by atoms with Crippen molar-refractivity contribution in [3.05, 3.63) is 30.1 Å². The first-order chi connectivity index (χ1) is 9.85. The second-order valence-electron chi connectivity index (χ2n) is 6.26. The third kappa shape index (κ3) is 2.29. The van der Waals surface area contributed by atoms with Crippen molar-refractivity contribution < 1.29 is 5.11 Å². The first-order valence-electron chi connectivity index (χ1n) is 7.67. The van der Waals surface area contributed by atoms with Gasteiger partial charge < -0.3 is 10.0 Å². The largest absolute Gasteiger partial charge is 0.390 e. The number of pyridine rings is 1. The van der Waals surface area contributed by atoms with Gasteiger partial charge in [0.15, 0.2) is 5.82 Å². The van der Waals surface area contributed by atoms with Gasteiger partial charge in [0.1, 0.15) is 5.65 Å². The lowest BCUT2D eigenvalue weighted by atomic mass is 10.3. The number of aliphatic hydroxyl groups excluding tert-OH is 1. The first-order valence-corrected chi connectivity index (χ1v) is 7.67. The molecule has 1 N–H and O–H groups in total. The standard InChI is InChI=1S/C16H21N3O/c20-11-14-16(17-15-3-1-2-8-19(14)15)18(9-12-4-5-12)10-13-6-7-13/h1-3,8,12-13,20H,4-7,9-11H2. The van der Waals surface area contributed by atoms with E-state index in [4.69, 9.17) is 4.98 Å². The highest BCUT2D eigenvalue weighted by Crippen LogP contribution is 2.36. The number of aromatic nitrogens is 2. The van der Waals surface area contributed by atoms with E-state index in [-0.39, 0.29) is 6.61 Å². The number of aliphatic hydroxyl groups is 1. The molecule has 4 rings (SSSR count). The molecule has 0 spiro atoms. The molecule has 0 aliphatic heterocycles. The van der Waals surface area contributed by atoms with Crippen LogP contribution in [0, 0.1) is 11.8 Å². The van der Waals surface area contributed by atoms with Gasteiger partial charge in [0, 0.05) is 19.3 Å². The van der Waals surface area contributed by atoms with Crippen LogP contribution in [0.1, 0.15) is 31.4 Å². The number of hydrogen-bond acceptors (Lipinski definition) is 3. The van der Waals surface area contributed by atoms with Crippen molar-refractivity contribution >= 4 is 11.5 Å². The van der Waals surface area contributed by atoms with E-state index in [2.05, 4.69) is 4.90 Å². The Morgan fingerprint density at radius 2 is 1.85 bits per heavy atom. The molecule has 2 aromatic rings. The lowest BCUT2D eigenvalue weighted by Gasteiger charge is -2.23. The van der Waals surface area contributed by atoms with E-state index in [9.17, 15) is 5.11 Å². The molecule has 2 aliphatic carbocycles. The third-order valence-electron chi connectivity index (χ3n) is 4.41. The van der Waals surface area contributed by atoms with Gasteiger partial charge in [-0.2, -0.15) is 0 Å². The molecule has 2 heterocycles. The average Bonchev–Trinajstić information content (AvgIpc) is 3.38. The Balaban J connectivity index is 1.72. The quantitative estimate of drug-likeness (QED) is 0.877. The second-order valence-corrected chi connectivity index (χ2v) is 6.26. The molecular weight excluding hydrogens is 250 g/mol. The molecule has 0 saturated heterocycles. The minimum absolute atomic E-state index is 0.0480. The maximum atomic E-state index is 9.77. The van der Waals surface area contributed by atoms with Crippen molar-refractivity contribution in [2.24, 2.45) is 11.8 Å². The van der Waals surface area contributed by atoms with Gasteiger partial charge in [-0.1, -0.05) is 6.07 Å². The van der Waals surface area contributed by atoms with Crippen LogP contribution in [-0.4, -0.2) is 27.6 Å². The number of imidazole rings is 1. The van der Waals surface area contributed by atoms with Crippen LogP contribution < -0.4 is 4.90 Å². The Labute approximate surface area is 119 Å². The molecule has 0 radical (unpaired) electrons. The fourth-order valence-corrected chi connectivity index (χ4v) is 2.91. The summed E-state index contributed by atoms with van der Waals surface area (Å²) in [5.74, 6) is 2.67. The van der Waals surface area contributed by atoms with Gasteiger partial charge in [0.05, 0.1) is 12.3 Å². The molecule has 4 nitrogen and oxygen atoms in total. The maximum Gasteiger partial charge on any atom is 0.153 e. The highest BCUT2D eigenvalue weighted by atomic mass is 16.3. The van der Waals surface area contributed by atoms with Crippen molar-refractivity contribution in [3.8, 4) is 0 Å². The second kappa shape index (κ2) is 4.77. The number of fused-ring (bicyclic) bond motifs is 1. The summed E-state index contributed by atoms with van der Waals surface area (Å²) in [6.07, 6.45) is 7.39. The zero-order valence-corrected chi connectivity index (χ0v) is 11.7. The number of hydrogen-bond donors (Lipinski definition) is 1. The topological polar surface area (TPSA) is 40.8 Å². The summed E-state index contributed by atoms with van der Waals surface area (Å²) in [6, 6.07) is 6.00. The maximum absolute atomic E-state index is 9.77. The van der Waals surface area contributed by atoms with E-state index in [1.54, 1.807) is 0 Å². The molecular formula is C16H21N3O. The molecule has 2 aliphatic rings. The Bertz CT molecular complexity index is 599. The van der Waals surface area contributed by atoms with E-state index in [0.717, 1.165) is 42.1 Å². The zero-order valence-electron chi connectivity index (χ0n) is 11.7. The molecule has 0 aromatic carbocycles. The molecule has 0 amide bonds. The van der Waals surface area contributed by atoms with Crippen LogP contribution in [0.5, 0.6) is 0 Å². The summed E-state index contributed by atoms with van der Waals surface area (Å²) in [4.78, 5) is 7.20. The third-order valence-corrected chi connectivity index (χ3v) is 4.41. The van der Waals surface area contributed by atoms with Crippen molar-refractivity contribution in [3.63, 3.8) is 0 Å². The van der Waals surface area contributed by atoms with Gasteiger partial charge in [0.25, 0.3) is 0 Å². The van der Waals surface area contributed by atoms with Gasteiger partial charge in [-0.15, -0.1) is 0 Å². The molecule has 2 fully saturated rings. The zero-order chi connectivity index (χ0) is 13.5.